The predicted molar refractivity (Wildman–Crippen MR) is 117 cm³/mol. The van der Waals surface area contributed by atoms with Gasteiger partial charge in [0.15, 0.2) is 11.8 Å². The maximum absolute atomic E-state index is 14.8. The molecule has 3 aromatic heterocycles. The van der Waals surface area contributed by atoms with Crippen molar-refractivity contribution < 1.29 is 22.7 Å². The van der Waals surface area contributed by atoms with Crippen LogP contribution in [0.3, 0.4) is 0 Å². The zero-order valence-electron chi connectivity index (χ0n) is 17.7. The van der Waals surface area contributed by atoms with Crippen molar-refractivity contribution in [2.45, 2.75) is 12.0 Å². The first-order valence-corrected chi connectivity index (χ1v) is 10.2. The maximum atomic E-state index is 14.8. The van der Waals surface area contributed by atoms with Crippen LogP contribution < -0.4 is 21.5 Å². The second-order valence-electron chi connectivity index (χ2n) is 7.74. The number of H-pyrrole nitrogens is 2. The number of halogens is 3. The highest BCUT2D eigenvalue weighted by Gasteiger charge is 2.51. The molecule has 1 aromatic carbocycles. The van der Waals surface area contributed by atoms with Gasteiger partial charge < -0.3 is 14.6 Å². The minimum atomic E-state index is -3.45. The number of aromatic nitrogens is 5. The van der Waals surface area contributed by atoms with Gasteiger partial charge in [0.1, 0.15) is 11.5 Å². The van der Waals surface area contributed by atoms with Crippen LogP contribution in [0, 0.1) is 5.82 Å². The Bertz CT molecular complexity index is 1550. The number of hydrogen-bond donors (Lipinski definition) is 3. The minimum Gasteiger partial charge on any atom is -0.438 e. The first kappa shape index (κ1) is 22.2. The fourth-order valence-electron chi connectivity index (χ4n) is 3.76. The van der Waals surface area contributed by atoms with Gasteiger partial charge in [0.05, 0.1) is 30.0 Å². The molecule has 11 nitrogen and oxygen atoms in total. The van der Waals surface area contributed by atoms with Crippen molar-refractivity contribution in [3.8, 4) is 11.3 Å². The van der Waals surface area contributed by atoms with Gasteiger partial charge in [-0.15, -0.1) is 0 Å². The molecule has 4 aromatic rings. The van der Waals surface area contributed by atoms with E-state index in [9.17, 15) is 27.6 Å². The molecule has 1 saturated heterocycles. The number of nitrogens with one attached hydrogen (secondary N) is 3. The maximum Gasteiger partial charge on any atom is 0.412 e. The highest BCUT2D eigenvalue weighted by atomic mass is 19.3. The fourth-order valence-corrected chi connectivity index (χ4v) is 3.76. The third-order valence-corrected chi connectivity index (χ3v) is 5.39. The number of benzene rings is 1. The number of nitrogens with zero attached hydrogens (tertiary/aromatic N) is 4. The third-order valence-electron chi connectivity index (χ3n) is 5.39. The van der Waals surface area contributed by atoms with E-state index in [1.807, 2.05) is 0 Å². The average Bonchev–Trinajstić information content (AvgIpc) is 3.38. The van der Waals surface area contributed by atoms with E-state index >= 15 is 0 Å². The number of rotatable bonds is 4. The van der Waals surface area contributed by atoms with Gasteiger partial charge in [-0.1, -0.05) is 12.1 Å². The van der Waals surface area contributed by atoms with Gasteiger partial charge in [-0.3, -0.25) is 15.1 Å². The van der Waals surface area contributed by atoms with Crippen LogP contribution >= 0.6 is 0 Å². The Morgan fingerprint density at radius 2 is 2.06 bits per heavy atom. The first-order chi connectivity index (χ1) is 16.7. The van der Waals surface area contributed by atoms with Crippen LogP contribution in [0.2, 0.25) is 0 Å². The van der Waals surface area contributed by atoms with Crippen LogP contribution in [0.4, 0.5) is 29.3 Å². The van der Waals surface area contributed by atoms with Crippen molar-refractivity contribution in [1.82, 2.24) is 24.6 Å². The fraction of sp³-hybridized carbons (Fsp3) is 0.190. The van der Waals surface area contributed by atoms with Crippen molar-refractivity contribution >= 4 is 23.1 Å². The van der Waals surface area contributed by atoms with E-state index in [0.717, 1.165) is 12.3 Å². The highest BCUT2D eigenvalue weighted by molar-refractivity contribution is 5.85. The number of anilines is 2. The smallest absolute Gasteiger partial charge is 0.412 e. The molecule has 0 radical (unpaired) electrons. The molecule has 1 aliphatic rings. The molecule has 0 bridgehead atoms. The summed E-state index contributed by atoms with van der Waals surface area (Å²) in [4.78, 5) is 45.6. The molecule has 14 heteroatoms. The van der Waals surface area contributed by atoms with Gasteiger partial charge in [-0.2, -0.15) is 5.10 Å². The number of aromatic amines is 2. The van der Waals surface area contributed by atoms with Crippen molar-refractivity contribution in [1.29, 1.82) is 0 Å². The lowest BCUT2D eigenvalue weighted by Gasteiger charge is -2.19. The van der Waals surface area contributed by atoms with E-state index < -0.39 is 48.3 Å². The zero-order valence-corrected chi connectivity index (χ0v) is 17.7. The Hall–Kier alpha value is -4.62. The second-order valence-corrected chi connectivity index (χ2v) is 7.74. The normalized spacial score (nSPS) is 17.0. The molecule has 1 aliphatic heterocycles. The SMILES string of the molecule is O=C(Nc1ccccc1F)OC1CN(c2cc(-c3c[nH]c(=O)[nH]c3=O)nn3ccnc23)CC1(F)F. The van der Waals surface area contributed by atoms with Gasteiger partial charge in [-0.05, 0) is 18.2 Å². The number of carbonyl (C=O) groups excluding carboxylic acids is 1. The number of ether oxygens (including phenoxy) is 1. The topological polar surface area (TPSA) is 137 Å². The molecule has 0 spiro atoms. The lowest BCUT2D eigenvalue weighted by atomic mass is 10.2. The summed E-state index contributed by atoms with van der Waals surface area (Å²) in [5.74, 6) is -4.19. The number of carbonyl (C=O) groups is 1. The van der Waals surface area contributed by atoms with Crippen LogP contribution in [0.25, 0.3) is 16.9 Å². The van der Waals surface area contributed by atoms with E-state index in [-0.39, 0.29) is 28.3 Å². The van der Waals surface area contributed by atoms with Crippen LogP contribution in [0.5, 0.6) is 0 Å². The lowest BCUT2D eigenvalue weighted by molar-refractivity contribution is -0.0735. The standard InChI is InChI=1S/C21H16F3N7O4/c22-12-3-1-2-4-13(12)27-20(34)35-16-9-30(10-21(16,23)24)15-7-14(29-31-6-5-25-17(15)31)11-8-26-19(33)28-18(11)32/h1-8,16H,9-10H2,(H,27,34)(H2,26,28,32,33). The summed E-state index contributed by atoms with van der Waals surface area (Å²) < 4.78 is 49.6. The molecule has 1 amide bonds. The molecule has 1 fully saturated rings. The van der Waals surface area contributed by atoms with Crippen molar-refractivity contribution in [3.63, 3.8) is 0 Å². The number of amides is 1. The van der Waals surface area contributed by atoms with Crippen molar-refractivity contribution in [3.05, 3.63) is 75.6 Å². The number of fused-ring (bicyclic) bond motifs is 1. The number of imidazole rings is 1. The van der Waals surface area contributed by atoms with Crippen molar-refractivity contribution in [2.75, 3.05) is 23.3 Å². The molecular formula is C21H16F3N7O4. The lowest BCUT2D eigenvalue weighted by Crippen LogP contribution is -2.37. The molecule has 1 unspecified atom stereocenters. The van der Waals surface area contributed by atoms with Crippen molar-refractivity contribution in [2.24, 2.45) is 0 Å². The first-order valence-electron chi connectivity index (χ1n) is 10.2. The molecule has 0 saturated carbocycles. The molecule has 1 atom stereocenters. The number of hydrogen-bond acceptors (Lipinski definition) is 7. The summed E-state index contributed by atoms with van der Waals surface area (Å²) in [5.41, 5.74) is -1.12. The Morgan fingerprint density at radius 1 is 1.26 bits per heavy atom. The summed E-state index contributed by atoms with van der Waals surface area (Å²) in [6.45, 7) is -1.23. The van der Waals surface area contributed by atoms with Gasteiger partial charge in [-0.25, -0.2) is 32.3 Å². The summed E-state index contributed by atoms with van der Waals surface area (Å²) in [6.07, 6.45) is 0.941. The summed E-state index contributed by atoms with van der Waals surface area (Å²) in [6, 6.07) is 6.63. The summed E-state index contributed by atoms with van der Waals surface area (Å²) in [7, 11) is 0. The van der Waals surface area contributed by atoms with Gasteiger partial charge in [0.2, 0.25) is 0 Å². The Morgan fingerprint density at radius 3 is 2.83 bits per heavy atom. The molecule has 5 rings (SSSR count). The van der Waals surface area contributed by atoms with E-state index in [0.29, 0.717) is 0 Å². The second kappa shape index (κ2) is 8.30. The Labute approximate surface area is 193 Å². The highest BCUT2D eigenvalue weighted by Crippen LogP contribution is 2.36. The van der Waals surface area contributed by atoms with E-state index in [2.05, 4.69) is 25.4 Å². The number of alkyl halides is 2. The zero-order chi connectivity index (χ0) is 24.7. The van der Waals surface area contributed by atoms with Crippen LogP contribution in [0.15, 0.2) is 58.5 Å². The van der Waals surface area contributed by atoms with E-state index in [4.69, 9.17) is 4.74 Å². The quantitative estimate of drug-likeness (QED) is 0.400. The largest absolute Gasteiger partial charge is 0.438 e. The van der Waals surface area contributed by atoms with Crippen LogP contribution in [-0.2, 0) is 4.74 Å². The molecular weight excluding hydrogens is 471 g/mol. The molecule has 3 N–H and O–H groups in total. The van der Waals surface area contributed by atoms with Crippen LogP contribution in [0.1, 0.15) is 0 Å². The Balaban J connectivity index is 1.44. The molecule has 35 heavy (non-hydrogen) atoms. The number of para-hydroxylation sites is 1. The van der Waals surface area contributed by atoms with Gasteiger partial charge >= 0.3 is 17.7 Å². The third kappa shape index (κ3) is 4.20. The molecule has 4 heterocycles. The summed E-state index contributed by atoms with van der Waals surface area (Å²) >= 11 is 0. The monoisotopic (exact) mass is 487 g/mol. The minimum absolute atomic E-state index is 0.00414. The van der Waals surface area contributed by atoms with E-state index in [1.165, 1.54) is 46.1 Å². The van der Waals surface area contributed by atoms with E-state index in [1.54, 1.807) is 0 Å². The molecule has 0 aliphatic carbocycles. The molecule has 180 valence electrons. The van der Waals surface area contributed by atoms with Gasteiger partial charge in [0, 0.05) is 18.6 Å². The summed E-state index contributed by atoms with van der Waals surface area (Å²) in [5, 5.41) is 6.37. The Kier molecular flexibility index (Phi) is 5.26. The van der Waals surface area contributed by atoms with Gasteiger partial charge in [0.25, 0.3) is 5.56 Å². The average molecular weight is 487 g/mol. The predicted octanol–water partition coefficient (Wildman–Crippen LogP) is 1.98. The van der Waals surface area contributed by atoms with Crippen LogP contribution in [-0.4, -0.2) is 55.8 Å².